The second-order valence-corrected chi connectivity index (χ2v) is 11.2. The van der Waals surface area contributed by atoms with Crippen LogP contribution in [0, 0.1) is 6.92 Å². The van der Waals surface area contributed by atoms with Crippen LogP contribution in [0.1, 0.15) is 60.8 Å². The monoisotopic (exact) mass is 555 g/mol. The van der Waals surface area contributed by atoms with Crippen molar-refractivity contribution in [3.05, 3.63) is 89.2 Å². The van der Waals surface area contributed by atoms with Crippen LogP contribution in [0.25, 0.3) is 5.65 Å². The number of likely N-dealkylation sites (tertiary alicyclic amines) is 1. The van der Waals surface area contributed by atoms with Gasteiger partial charge in [-0.1, -0.05) is 35.8 Å². The molecule has 0 bridgehead atoms. The van der Waals surface area contributed by atoms with Crippen LogP contribution in [0.3, 0.4) is 0 Å². The number of aromatic nitrogens is 3. The van der Waals surface area contributed by atoms with Crippen molar-refractivity contribution in [3.8, 4) is 5.75 Å². The van der Waals surface area contributed by atoms with Crippen molar-refractivity contribution in [2.45, 2.75) is 65.1 Å². The summed E-state index contributed by atoms with van der Waals surface area (Å²) in [4.78, 5) is 25.9. The van der Waals surface area contributed by atoms with Crippen LogP contribution in [0.5, 0.6) is 5.75 Å². The summed E-state index contributed by atoms with van der Waals surface area (Å²) >= 11 is 0. The van der Waals surface area contributed by atoms with E-state index in [9.17, 15) is 4.79 Å². The van der Waals surface area contributed by atoms with Gasteiger partial charge in [0.25, 0.3) is 5.91 Å². The first-order chi connectivity index (χ1) is 19.8. The molecule has 0 spiro atoms. The highest BCUT2D eigenvalue weighted by atomic mass is 16.7. The van der Waals surface area contributed by atoms with Gasteiger partial charge in [-0.25, -0.2) is 14.3 Å². The Balaban J connectivity index is 1.26. The number of anilines is 1. The molecule has 0 unspecified atom stereocenters. The van der Waals surface area contributed by atoms with E-state index in [0.717, 1.165) is 55.2 Å². The maximum Gasteiger partial charge on any atom is 0.299 e. The fraction of sp³-hybridized carbons (Fsp3) is 0.406. The van der Waals surface area contributed by atoms with Gasteiger partial charge in [0.05, 0.1) is 24.1 Å². The summed E-state index contributed by atoms with van der Waals surface area (Å²) in [6.45, 7) is 11.4. The minimum atomic E-state index is -0.763. The van der Waals surface area contributed by atoms with Gasteiger partial charge in [0.2, 0.25) is 0 Å². The highest BCUT2D eigenvalue weighted by Crippen LogP contribution is 2.26. The molecule has 41 heavy (non-hydrogen) atoms. The summed E-state index contributed by atoms with van der Waals surface area (Å²) < 4.78 is 7.30. The molecule has 1 aliphatic heterocycles. The van der Waals surface area contributed by atoms with Crippen molar-refractivity contribution in [2.75, 3.05) is 25.0 Å². The summed E-state index contributed by atoms with van der Waals surface area (Å²) in [6, 6.07) is 19.7. The molecule has 1 saturated heterocycles. The third-order valence-electron chi connectivity index (χ3n) is 7.37. The van der Waals surface area contributed by atoms with Crippen LogP contribution in [0.2, 0.25) is 0 Å². The number of hydrogen-bond acceptors (Lipinski definition) is 7. The van der Waals surface area contributed by atoms with Gasteiger partial charge >= 0.3 is 0 Å². The molecule has 4 aromatic rings. The number of rotatable bonds is 11. The summed E-state index contributed by atoms with van der Waals surface area (Å²) in [5.74, 6) is 1.14. The topological polar surface area (TPSA) is 95.1 Å². The lowest BCUT2D eigenvalue weighted by Crippen LogP contribution is -2.42. The molecule has 0 aliphatic carbocycles. The molecule has 1 amide bonds. The molecule has 1 atom stereocenters. The van der Waals surface area contributed by atoms with E-state index in [2.05, 4.69) is 58.1 Å². The minimum Gasteiger partial charge on any atom is -0.494 e. The van der Waals surface area contributed by atoms with Gasteiger partial charge in [0.1, 0.15) is 11.6 Å². The Kier molecular flexibility index (Phi) is 8.85. The van der Waals surface area contributed by atoms with Crippen molar-refractivity contribution in [1.82, 2.24) is 25.0 Å². The lowest BCUT2D eigenvalue weighted by atomic mass is 9.99. The summed E-state index contributed by atoms with van der Waals surface area (Å²) in [5, 5.41) is 8.27. The van der Waals surface area contributed by atoms with Crippen molar-refractivity contribution in [2.24, 2.45) is 0 Å². The molecule has 9 nitrogen and oxygen atoms in total. The number of nitrogens with zero attached hydrogens (tertiary/aromatic N) is 5. The Morgan fingerprint density at radius 2 is 1.90 bits per heavy atom. The van der Waals surface area contributed by atoms with Crippen LogP contribution in [-0.2, 0) is 17.8 Å². The number of hydrogen-bond donors (Lipinski definition) is 1. The van der Waals surface area contributed by atoms with E-state index in [1.165, 1.54) is 5.56 Å². The molecular weight excluding hydrogens is 516 g/mol. The average Bonchev–Trinajstić information content (AvgIpc) is 3.44. The maximum atomic E-state index is 12.7. The largest absolute Gasteiger partial charge is 0.494 e. The third-order valence-corrected chi connectivity index (χ3v) is 7.37. The summed E-state index contributed by atoms with van der Waals surface area (Å²) in [6.07, 6.45) is 4.47. The molecule has 1 radical (unpaired) electrons. The van der Waals surface area contributed by atoms with E-state index in [1.54, 1.807) is 30.5 Å². The van der Waals surface area contributed by atoms with Gasteiger partial charge in [0, 0.05) is 42.7 Å². The molecule has 2 aromatic carbocycles. The molecular formula is C32H39N6O3. The van der Waals surface area contributed by atoms with E-state index in [1.807, 2.05) is 31.4 Å². The van der Waals surface area contributed by atoms with Crippen LogP contribution < -0.4 is 15.5 Å². The van der Waals surface area contributed by atoms with E-state index in [-0.39, 0.29) is 0 Å². The molecule has 0 saturated carbocycles. The second-order valence-electron chi connectivity index (χ2n) is 11.2. The zero-order valence-electron chi connectivity index (χ0n) is 24.3. The van der Waals surface area contributed by atoms with Gasteiger partial charge < -0.3 is 10.1 Å². The quantitative estimate of drug-likeness (QED) is 0.254. The normalized spacial score (nSPS) is 16.0. The predicted octanol–water partition coefficient (Wildman–Crippen LogP) is 5.21. The lowest BCUT2D eigenvalue weighted by molar-refractivity contribution is -0.0756. The first-order valence-corrected chi connectivity index (χ1v) is 14.3. The number of carbonyl (C=O) groups excluding carboxylic acids is 1. The number of amides is 1. The van der Waals surface area contributed by atoms with Crippen molar-refractivity contribution < 1.29 is 14.4 Å². The molecule has 2 aromatic heterocycles. The Labute approximate surface area is 241 Å². The highest BCUT2D eigenvalue weighted by molar-refractivity contribution is 5.93. The first kappa shape index (κ1) is 28.6. The van der Waals surface area contributed by atoms with E-state index in [4.69, 9.17) is 14.6 Å². The van der Waals surface area contributed by atoms with Gasteiger partial charge in [-0.2, -0.15) is 5.10 Å². The van der Waals surface area contributed by atoms with Gasteiger partial charge in [-0.05, 0) is 76.9 Å². The van der Waals surface area contributed by atoms with E-state index < -0.39 is 11.5 Å². The molecule has 1 fully saturated rings. The smallest absolute Gasteiger partial charge is 0.299 e. The van der Waals surface area contributed by atoms with Gasteiger partial charge in [0.15, 0.2) is 5.65 Å². The lowest BCUT2D eigenvalue weighted by Gasteiger charge is -2.34. The third kappa shape index (κ3) is 7.23. The predicted molar refractivity (Wildman–Crippen MR) is 159 cm³/mol. The molecule has 9 heteroatoms. The molecule has 3 heterocycles. The molecule has 1 aliphatic rings. The van der Waals surface area contributed by atoms with Crippen LogP contribution in [0.15, 0.2) is 66.9 Å². The number of ether oxygens (including phenoxy) is 1. The summed E-state index contributed by atoms with van der Waals surface area (Å²) in [5.41, 5.74) is 7.70. The number of hydroxylamine groups is 1. The fourth-order valence-electron chi connectivity index (χ4n) is 5.30. The number of carbonyl (C=O) groups is 1. The number of nitrogens with one attached hydrogen (secondary N) is 1. The van der Waals surface area contributed by atoms with Crippen molar-refractivity contribution in [3.63, 3.8) is 0 Å². The Bertz CT molecular complexity index is 1450. The highest BCUT2D eigenvalue weighted by Gasteiger charge is 2.28. The second kappa shape index (κ2) is 12.7. The molecule has 1 N–H and O–H groups in total. The standard InChI is InChI=1S/C32H39N6O3/c1-5-40-27-15-13-25(14-16-27)31(39)36-41-32(3,4)20-28-23(2)30(35-29-17-18-33-38(28)29)34-26-12-9-19-37(22-26)21-24-10-7-6-8-11-24/h6-8,10-11,13-18,26H,5,9,12,19-22H2,1-4H3,(H,34,35)/t26-/m0/s1. The maximum absolute atomic E-state index is 12.7. The minimum absolute atomic E-state index is 0.294. The molecule has 5 rings (SSSR count). The zero-order chi connectivity index (χ0) is 28.8. The van der Waals surface area contributed by atoms with Crippen molar-refractivity contribution >= 4 is 17.4 Å². The average molecular weight is 556 g/mol. The number of benzene rings is 2. The SMILES string of the molecule is CCOc1ccc(C(=O)[N]OC(C)(C)Cc2c(C)c(N[C@H]3CCCN(Cc4ccccc4)C3)nc3ccnn23)cc1. The van der Waals surface area contributed by atoms with E-state index >= 15 is 0 Å². The van der Waals surface area contributed by atoms with E-state index in [0.29, 0.717) is 30.4 Å². The van der Waals surface area contributed by atoms with Crippen LogP contribution in [-0.4, -0.2) is 56.7 Å². The van der Waals surface area contributed by atoms with Crippen LogP contribution in [0.4, 0.5) is 5.82 Å². The van der Waals surface area contributed by atoms with Gasteiger partial charge in [-0.15, -0.1) is 0 Å². The zero-order valence-corrected chi connectivity index (χ0v) is 24.3. The Morgan fingerprint density at radius 3 is 2.66 bits per heavy atom. The molecule has 215 valence electrons. The Morgan fingerprint density at radius 1 is 1.12 bits per heavy atom. The fourth-order valence-corrected chi connectivity index (χ4v) is 5.30. The van der Waals surface area contributed by atoms with Gasteiger partial charge in [-0.3, -0.25) is 9.69 Å². The Hall–Kier alpha value is -3.95. The first-order valence-electron chi connectivity index (χ1n) is 14.3. The van der Waals surface area contributed by atoms with Crippen LogP contribution >= 0.6 is 0 Å². The number of piperidine rings is 1. The number of fused-ring (bicyclic) bond motifs is 1. The summed E-state index contributed by atoms with van der Waals surface area (Å²) in [7, 11) is 0. The van der Waals surface area contributed by atoms with Crippen molar-refractivity contribution in [1.29, 1.82) is 0 Å².